The fourth-order valence-corrected chi connectivity index (χ4v) is 4.72. The third-order valence-electron chi connectivity index (χ3n) is 5.65. The van der Waals surface area contributed by atoms with Gasteiger partial charge in [0.25, 0.3) is 0 Å². The summed E-state index contributed by atoms with van der Waals surface area (Å²) in [6.45, 7) is 9.97. The fraction of sp³-hybridized carbons (Fsp3) is 0.462. The van der Waals surface area contributed by atoms with Crippen LogP contribution >= 0.6 is 15.9 Å². The van der Waals surface area contributed by atoms with Crippen molar-refractivity contribution in [3.05, 3.63) is 63.6 Å². The standard InChI is InChI=1S/C26H36BrN3O4S/c1-7-24(26(32)28-15-18(2)3)29(16-21-10-8-19(4)9-11-21)25(31)17-30(35(6,33)34)22-12-13-23(27)20(5)14-22/h8-14,18,24H,7,15-17H2,1-6H3,(H,28,32)/t24-/m0/s1. The van der Waals surface area contributed by atoms with Crippen LogP contribution in [-0.4, -0.2) is 50.5 Å². The van der Waals surface area contributed by atoms with Gasteiger partial charge in [0, 0.05) is 17.6 Å². The number of halogens is 1. The predicted molar refractivity (Wildman–Crippen MR) is 145 cm³/mol. The number of sulfonamides is 1. The highest BCUT2D eigenvalue weighted by Gasteiger charge is 2.31. The Morgan fingerprint density at radius 3 is 2.20 bits per heavy atom. The molecule has 0 fully saturated rings. The molecule has 2 amide bonds. The first-order valence-corrected chi connectivity index (χ1v) is 14.3. The maximum atomic E-state index is 13.7. The van der Waals surface area contributed by atoms with Gasteiger partial charge in [0.2, 0.25) is 21.8 Å². The van der Waals surface area contributed by atoms with Crippen LogP contribution in [0, 0.1) is 19.8 Å². The minimum Gasteiger partial charge on any atom is -0.354 e. The zero-order valence-electron chi connectivity index (χ0n) is 21.3. The Kier molecular flexibility index (Phi) is 10.3. The number of rotatable bonds is 11. The quantitative estimate of drug-likeness (QED) is 0.437. The number of carbonyl (C=O) groups excluding carboxylic acids is 2. The van der Waals surface area contributed by atoms with Crippen molar-refractivity contribution in [2.24, 2.45) is 5.92 Å². The first-order chi connectivity index (χ1) is 16.3. The number of hydrogen-bond donors (Lipinski definition) is 1. The Morgan fingerprint density at radius 1 is 1.06 bits per heavy atom. The first-order valence-electron chi connectivity index (χ1n) is 11.7. The topological polar surface area (TPSA) is 86.8 Å². The van der Waals surface area contributed by atoms with E-state index in [1.54, 1.807) is 18.2 Å². The largest absolute Gasteiger partial charge is 0.354 e. The lowest BCUT2D eigenvalue weighted by Crippen LogP contribution is -2.52. The summed E-state index contributed by atoms with van der Waals surface area (Å²) in [5.41, 5.74) is 3.19. The molecule has 9 heteroatoms. The molecular weight excluding hydrogens is 530 g/mol. The van der Waals surface area contributed by atoms with E-state index >= 15 is 0 Å². The van der Waals surface area contributed by atoms with E-state index in [9.17, 15) is 18.0 Å². The average molecular weight is 567 g/mol. The number of carbonyl (C=O) groups is 2. The lowest BCUT2D eigenvalue weighted by Gasteiger charge is -2.33. The summed E-state index contributed by atoms with van der Waals surface area (Å²) < 4.78 is 27.3. The van der Waals surface area contributed by atoms with Crippen molar-refractivity contribution < 1.29 is 18.0 Å². The number of nitrogens with one attached hydrogen (secondary N) is 1. The lowest BCUT2D eigenvalue weighted by molar-refractivity contribution is -0.140. The van der Waals surface area contributed by atoms with Crippen LogP contribution < -0.4 is 9.62 Å². The van der Waals surface area contributed by atoms with Gasteiger partial charge in [0.1, 0.15) is 12.6 Å². The molecule has 192 valence electrons. The van der Waals surface area contributed by atoms with Crippen molar-refractivity contribution >= 4 is 43.5 Å². The summed E-state index contributed by atoms with van der Waals surface area (Å²) in [6.07, 6.45) is 1.48. The van der Waals surface area contributed by atoms with Crippen LogP contribution in [0.4, 0.5) is 5.69 Å². The van der Waals surface area contributed by atoms with Crippen LogP contribution in [0.25, 0.3) is 0 Å². The second-order valence-corrected chi connectivity index (χ2v) is 12.0. The highest BCUT2D eigenvalue weighted by Crippen LogP contribution is 2.25. The molecule has 0 aromatic heterocycles. The maximum absolute atomic E-state index is 13.7. The summed E-state index contributed by atoms with van der Waals surface area (Å²) in [7, 11) is -3.76. The van der Waals surface area contributed by atoms with Crippen LogP contribution in [0.15, 0.2) is 46.9 Å². The zero-order chi connectivity index (χ0) is 26.3. The summed E-state index contributed by atoms with van der Waals surface area (Å²) >= 11 is 3.43. The van der Waals surface area contributed by atoms with Gasteiger partial charge in [-0.25, -0.2) is 8.42 Å². The van der Waals surface area contributed by atoms with E-state index in [1.165, 1.54) is 4.90 Å². The molecule has 35 heavy (non-hydrogen) atoms. The van der Waals surface area contributed by atoms with E-state index in [0.717, 1.165) is 31.7 Å². The number of nitrogens with zero attached hydrogens (tertiary/aromatic N) is 2. The molecule has 0 radical (unpaired) electrons. The number of benzene rings is 2. The van der Waals surface area contributed by atoms with Gasteiger partial charge in [0.05, 0.1) is 11.9 Å². The molecule has 0 aliphatic carbocycles. The molecule has 0 saturated carbocycles. The Bertz CT molecular complexity index is 1130. The molecular formula is C26H36BrN3O4S. The van der Waals surface area contributed by atoms with Crippen LogP contribution in [0.1, 0.15) is 43.9 Å². The van der Waals surface area contributed by atoms with E-state index in [4.69, 9.17) is 0 Å². The van der Waals surface area contributed by atoms with Crippen molar-refractivity contribution in [2.45, 2.75) is 53.6 Å². The van der Waals surface area contributed by atoms with Gasteiger partial charge >= 0.3 is 0 Å². The second kappa shape index (κ2) is 12.5. The normalized spacial score (nSPS) is 12.3. The first kappa shape index (κ1) is 28.8. The minimum absolute atomic E-state index is 0.198. The van der Waals surface area contributed by atoms with Gasteiger partial charge in [-0.15, -0.1) is 0 Å². The monoisotopic (exact) mass is 565 g/mol. The number of hydrogen-bond acceptors (Lipinski definition) is 4. The van der Waals surface area contributed by atoms with Crippen LogP contribution in [0.3, 0.4) is 0 Å². The highest BCUT2D eigenvalue weighted by atomic mass is 79.9. The molecule has 0 aliphatic heterocycles. The third-order valence-corrected chi connectivity index (χ3v) is 7.68. The van der Waals surface area contributed by atoms with Crippen molar-refractivity contribution in [3.63, 3.8) is 0 Å². The maximum Gasteiger partial charge on any atom is 0.244 e. The zero-order valence-corrected chi connectivity index (χ0v) is 23.7. The van der Waals surface area contributed by atoms with Crippen molar-refractivity contribution in [1.29, 1.82) is 0 Å². The van der Waals surface area contributed by atoms with Gasteiger partial charge in [-0.2, -0.15) is 0 Å². The Labute approximate surface area is 218 Å². The summed E-state index contributed by atoms with van der Waals surface area (Å²) in [5, 5.41) is 2.92. The molecule has 0 bridgehead atoms. The molecule has 2 rings (SSSR count). The molecule has 2 aromatic carbocycles. The van der Waals surface area contributed by atoms with Gasteiger partial charge in [-0.1, -0.05) is 66.5 Å². The Morgan fingerprint density at radius 2 is 1.69 bits per heavy atom. The van der Waals surface area contributed by atoms with E-state index in [2.05, 4.69) is 21.2 Å². The number of amides is 2. The fourth-order valence-electron chi connectivity index (χ4n) is 3.63. The van der Waals surface area contributed by atoms with Gasteiger partial charge in [-0.05, 0) is 55.5 Å². The molecule has 1 atom stereocenters. The molecule has 0 saturated heterocycles. The van der Waals surface area contributed by atoms with Crippen LogP contribution in [0.2, 0.25) is 0 Å². The molecule has 7 nitrogen and oxygen atoms in total. The minimum atomic E-state index is -3.76. The van der Waals surface area contributed by atoms with Crippen molar-refractivity contribution in [2.75, 3.05) is 23.7 Å². The van der Waals surface area contributed by atoms with E-state index in [-0.39, 0.29) is 18.4 Å². The average Bonchev–Trinajstić information content (AvgIpc) is 2.78. The lowest BCUT2D eigenvalue weighted by atomic mass is 10.1. The van der Waals surface area contributed by atoms with Crippen LogP contribution in [-0.2, 0) is 26.2 Å². The van der Waals surface area contributed by atoms with Crippen LogP contribution in [0.5, 0.6) is 0 Å². The SMILES string of the molecule is CC[C@@H](C(=O)NCC(C)C)N(Cc1ccc(C)cc1)C(=O)CN(c1ccc(Br)c(C)c1)S(C)(=O)=O. The van der Waals surface area contributed by atoms with Gasteiger partial charge in [0.15, 0.2) is 0 Å². The Hall–Kier alpha value is -2.39. The Balaban J connectivity index is 2.43. The summed E-state index contributed by atoms with van der Waals surface area (Å²) in [5.74, 6) is -0.422. The predicted octanol–water partition coefficient (Wildman–Crippen LogP) is 4.41. The smallest absolute Gasteiger partial charge is 0.244 e. The molecule has 0 spiro atoms. The molecule has 0 unspecified atom stereocenters. The highest BCUT2D eigenvalue weighted by molar-refractivity contribution is 9.10. The van der Waals surface area contributed by atoms with E-state index in [0.29, 0.717) is 18.7 Å². The number of anilines is 1. The van der Waals surface area contributed by atoms with Gasteiger partial charge in [-0.3, -0.25) is 13.9 Å². The van der Waals surface area contributed by atoms with Crippen molar-refractivity contribution in [1.82, 2.24) is 10.2 Å². The van der Waals surface area contributed by atoms with Gasteiger partial charge < -0.3 is 10.2 Å². The molecule has 0 aliphatic rings. The molecule has 0 heterocycles. The van der Waals surface area contributed by atoms with E-state index in [1.807, 2.05) is 58.9 Å². The van der Waals surface area contributed by atoms with Crippen molar-refractivity contribution in [3.8, 4) is 0 Å². The third kappa shape index (κ3) is 8.35. The molecule has 1 N–H and O–H groups in total. The molecule has 2 aromatic rings. The van der Waals surface area contributed by atoms with E-state index < -0.39 is 28.5 Å². The second-order valence-electron chi connectivity index (χ2n) is 9.27. The summed E-state index contributed by atoms with van der Waals surface area (Å²) in [6, 6.07) is 12.1. The number of aryl methyl sites for hydroxylation is 2. The summed E-state index contributed by atoms with van der Waals surface area (Å²) in [4.78, 5) is 28.2.